The van der Waals surface area contributed by atoms with Gasteiger partial charge in [-0.25, -0.2) is 0 Å². The van der Waals surface area contributed by atoms with Gasteiger partial charge in [-0.05, 0) is 72.1 Å². The summed E-state index contributed by atoms with van der Waals surface area (Å²) in [6.07, 6.45) is 0. The minimum Gasteiger partial charge on any atom is -0.394 e. The van der Waals surface area contributed by atoms with E-state index in [1.807, 2.05) is 24.3 Å². The Bertz CT molecular complexity index is 571. The molecule has 0 fully saturated rings. The predicted molar refractivity (Wildman–Crippen MR) is 92.3 cm³/mol. The first-order valence-corrected chi connectivity index (χ1v) is 8.85. The minimum atomic E-state index is -0.152. The molecule has 1 heterocycles. The third-order valence-corrected chi connectivity index (χ3v) is 7.03. The van der Waals surface area contributed by atoms with Gasteiger partial charge in [0.05, 0.1) is 21.5 Å². The van der Waals surface area contributed by atoms with Gasteiger partial charge in [0, 0.05) is 19.5 Å². The van der Waals surface area contributed by atoms with Crippen molar-refractivity contribution in [3.63, 3.8) is 0 Å². The van der Waals surface area contributed by atoms with Crippen molar-refractivity contribution in [2.24, 2.45) is 0 Å². The molecule has 0 aliphatic heterocycles. The molecule has 2 aromatic rings. The summed E-state index contributed by atoms with van der Waals surface area (Å²) in [7, 11) is 0. The molecule has 0 saturated heterocycles. The molecule has 2 rings (SSSR count). The summed E-state index contributed by atoms with van der Waals surface area (Å²) >= 11 is 17.8. The summed E-state index contributed by atoms with van der Waals surface area (Å²) in [5, 5.41) is 13.5. The van der Waals surface area contributed by atoms with Gasteiger partial charge in [-0.15, -0.1) is 11.3 Å². The number of hydrogen-bond donors (Lipinski definition) is 2. The largest absolute Gasteiger partial charge is 0.394 e. The van der Waals surface area contributed by atoms with E-state index in [0.29, 0.717) is 5.02 Å². The molecule has 1 aromatic carbocycles. The smallest absolute Gasteiger partial charge is 0.0844 e. The molecule has 0 bridgehead atoms. The summed E-state index contributed by atoms with van der Waals surface area (Å²) < 4.78 is 2.83. The Hall–Kier alpha value is 0.410. The van der Waals surface area contributed by atoms with Crippen molar-refractivity contribution in [2.75, 3.05) is 11.9 Å². The number of aliphatic hydroxyl groups excluding tert-OH is 1. The molecule has 19 heavy (non-hydrogen) atoms. The van der Waals surface area contributed by atoms with Crippen LogP contribution in [0.25, 0.3) is 0 Å². The fourth-order valence-electron chi connectivity index (χ4n) is 1.53. The topological polar surface area (TPSA) is 32.3 Å². The molecular weight excluding hydrogens is 481 g/mol. The first-order valence-electron chi connectivity index (χ1n) is 5.28. The second-order valence-corrected chi connectivity index (χ2v) is 8.30. The summed E-state index contributed by atoms with van der Waals surface area (Å²) in [6.45, 7) is 0.0135. The number of nitrogens with one attached hydrogen (secondary N) is 1. The monoisotopic (exact) mass is 487 g/mol. The Balaban J connectivity index is 2.21. The van der Waals surface area contributed by atoms with Crippen molar-refractivity contribution >= 4 is 76.4 Å². The Morgan fingerprint density at radius 1 is 1.21 bits per heavy atom. The molecule has 2 nitrogen and oxygen atoms in total. The highest BCUT2D eigenvalue weighted by molar-refractivity contribution is 9.13. The van der Waals surface area contributed by atoms with E-state index in [1.54, 1.807) is 11.3 Å². The normalized spacial score (nSPS) is 12.5. The number of benzene rings is 1. The van der Waals surface area contributed by atoms with Crippen LogP contribution in [0.2, 0.25) is 5.02 Å². The van der Waals surface area contributed by atoms with Gasteiger partial charge in [-0.3, -0.25) is 0 Å². The second-order valence-electron chi connectivity index (χ2n) is 3.78. The number of aliphatic hydroxyl groups is 1. The van der Waals surface area contributed by atoms with Crippen molar-refractivity contribution < 1.29 is 5.11 Å². The molecular formula is C12H9Br3ClNOS. The van der Waals surface area contributed by atoms with Gasteiger partial charge in [0.25, 0.3) is 0 Å². The SMILES string of the molecule is OCC(Nc1ccc(Cl)c(Br)c1)c1cc(Br)c(Br)s1. The average Bonchev–Trinajstić information content (AvgIpc) is 2.71. The highest BCUT2D eigenvalue weighted by atomic mass is 79.9. The molecule has 0 saturated carbocycles. The summed E-state index contributed by atoms with van der Waals surface area (Å²) in [5.41, 5.74) is 0.899. The van der Waals surface area contributed by atoms with Crippen LogP contribution in [0, 0.1) is 0 Å². The molecule has 0 spiro atoms. The summed E-state index contributed by atoms with van der Waals surface area (Å²) in [5.74, 6) is 0. The van der Waals surface area contributed by atoms with Crippen LogP contribution in [0.4, 0.5) is 5.69 Å². The van der Waals surface area contributed by atoms with Crippen LogP contribution in [0.5, 0.6) is 0 Å². The lowest BCUT2D eigenvalue weighted by molar-refractivity contribution is 0.278. The van der Waals surface area contributed by atoms with E-state index < -0.39 is 0 Å². The fraction of sp³-hybridized carbons (Fsp3) is 0.167. The van der Waals surface area contributed by atoms with E-state index in [1.165, 1.54) is 0 Å². The zero-order valence-corrected chi connectivity index (χ0v) is 15.8. The lowest BCUT2D eigenvalue weighted by Crippen LogP contribution is -2.13. The molecule has 7 heteroatoms. The van der Waals surface area contributed by atoms with Gasteiger partial charge in [-0.1, -0.05) is 11.6 Å². The molecule has 102 valence electrons. The van der Waals surface area contributed by atoms with E-state index in [9.17, 15) is 5.11 Å². The van der Waals surface area contributed by atoms with E-state index in [0.717, 1.165) is 23.3 Å². The van der Waals surface area contributed by atoms with Crippen LogP contribution < -0.4 is 5.32 Å². The summed E-state index contributed by atoms with van der Waals surface area (Å²) in [4.78, 5) is 1.05. The highest BCUT2D eigenvalue weighted by Crippen LogP contribution is 2.37. The van der Waals surface area contributed by atoms with Crippen LogP contribution in [0.1, 0.15) is 10.9 Å². The standard InChI is InChI=1S/C12H9Br3ClNOS/c13-7-3-6(1-2-9(7)16)17-10(5-18)11-4-8(14)12(15)19-11/h1-4,10,17-18H,5H2. The fourth-order valence-corrected chi connectivity index (χ4v) is 4.16. The van der Waals surface area contributed by atoms with Gasteiger partial charge in [0.15, 0.2) is 0 Å². The molecule has 0 radical (unpaired) electrons. The minimum absolute atomic E-state index is 0.0135. The van der Waals surface area contributed by atoms with E-state index >= 15 is 0 Å². The first kappa shape index (κ1) is 15.8. The van der Waals surface area contributed by atoms with E-state index in [2.05, 4.69) is 53.1 Å². The van der Waals surface area contributed by atoms with E-state index in [4.69, 9.17) is 11.6 Å². The first-order chi connectivity index (χ1) is 9.01. The molecule has 1 aromatic heterocycles. The van der Waals surface area contributed by atoms with Crippen molar-refractivity contribution in [1.82, 2.24) is 0 Å². The third-order valence-electron chi connectivity index (χ3n) is 2.45. The molecule has 0 amide bonds. The van der Waals surface area contributed by atoms with Gasteiger partial charge in [-0.2, -0.15) is 0 Å². The van der Waals surface area contributed by atoms with Crippen LogP contribution in [0.3, 0.4) is 0 Å². The van der Waals surface area contributed by atoms with Crippen LogP contribution in [-0.4, -0.2) is 11.7 Å². The summed E-state index contributed by atoms with van der Waals surface area (Å²) in [6, 6.07) is 7.42. The quantitative estimate of drug-likeness (QED) is 0.565. The maximum Gasteiger partial charge on any atom is 0.0844 e. The maximum atomic E-state index is 9.54. The number of rotatable bonds is 4. The third kappa shape index (κ3) is 3.95. The number of halogens is 4. The van der Waals surface area contributed by atoms with Gasteiger partial charge < -0.3 is 10.4 Å². The molecule has 2 N–H and O–H groups in total. The average molecular weight is 490 g/mol. The highest BCUT2D eigenvalue weighted by Gasteiger charge is 2.15. The van der Waals surface area contributed by atoms with Crippen molar-refractivity contribution in [3.05, 3.63) is 46.9 Å². The van der Waals surface area contributed by atoms with Crippen LogP contribution in [-0.2, 0) is 0 Å². The molecule has 1 unspecified atom stereocenters. The van der Waals surface area contributed by atoms with Gasteiger partial charge in [0.1, 0.15) is 0 Å². The Morgan fingerprint density at radius 3 is 2.47 bits per heavy atom. The van der Waals surface area contributed by atoms with Crippen molar-refractivity contribution in [1.29, 1.82) is 0 Å². The zero-order valence-electron chi connectivity index (χ0n) is 9.46. The molecule has 1 atom stereocenters. The second kappa shape index (κ2) is 6.91. The lowest BCUT2D eigenvalue weighted by atomic mass is 10.2. The number of thiophene rings is 1. The Morgan fingerprint density at radius 2 is 1.95 bits per heavy atom. The zero-order chi connectivity index (χ0) is 14.0. The van der Waals surface area contributed by atoms with Crippen LogP contribution >= 0.6 is 70.7 Å². The van der Waals surface area contributed by atoms with Gasteiger partial charge in [0.2, 0.25) is 0 Å². The lowest BCUT2D eigenvalue weighted by Gasteiger charge is -2.16. The van der Waals surface area contributed by atoms with Crippen LogP contribution in [0.15, 0.2) is 37.0 Å². The van der Waals surface area contributed by atoms with Crippen molar-refractivity contribution in [2.45, 2.75) is 6.04 Å². The van der Waals surface area contributed by atoms with Gasteiger partial charge >= 0.3 is 0 Å². The number of anilines is 1. The maximum absolute atomic E-state index is 9.54. The van der Waals surface area contributed by atoms with E-state index in [-0.39, 0.29) is 12.6 Å². The predicted octanol–water partition coefficient (Wildman–Crippen LogP) is 5.83. The Kier molecular flexibility index (Phi) is 5.75. The molecule has 0 aliphatic carbocycles. The number of hydrogen-bond acceptors (Lipinski definition) is 3. The Labute approximate surface area is 145 Å². The van der Waals surface area contributed by atoms with Crippen molar-refractivity contribution in [3.8, 4) is 0 Å². The molecule has 0 aliphatic rings.